The van der Waals surface area contributed by atoms with E-state index in [4.69, 9.17) is 11.6 Å². The molecule has 2 N–H and O–H groups in total. The van der Waals surface area contributed by atoms with Crippen molar-refractivity contribution in [2.45, 2.75) is 38.3 Å². The number of pyridine rings is 1. The Hall–Kier alpha value is -3.18. The number of fused-ring (bicyclic) bond motifs is 1. The van der Waals surface area contributed by atoms with Crippen LogP contribution in [0.2, 0.25) is 5.02 Å². The fraction of sp³-hybridized carbons (Fsp3) is 0.350. The van der Waals surface area contributed by atoms with Crippen LogP contribution in [0.25, 0.3) is 22.4 Å². The summed E-state index contributed by atoms with van der Waals surface area (Å²) in [5.41, 5.74) is 1.45. The summed E-state index contributed by atoms with van der Waals surface area (Å²) in [6, 6.07) is 5.01. The zero-order chi connectivity index (χ0) is 20.4. The molecule has 0 radical (unpaired) electrons. The van der Waals surface area contributed by atoms with E-state index < -0.39 is 12.1 Å². The number of amides is 1. The average Bonchev–Trinajstić information content (AvgIpc) is 3.36. The SMILES string of the molecule is CCCNC(=O)[C@H]1CC[C@H](C#N)N1c1ccnc(-c2c[nH]c3ncc(Cl)cc23)n1. The van der Waals surface area contributed by atoms with Gasteiger partial charge >= 0.3 is 0 Å². The van der Waals surface area contributed by atoms with Crippen LogP contribution >= 0.6 is 11.6 Å². The van der Waals surface area contributed by atoms with Gasteiger partial charge in [0.15, 0.2) is 5.82 Å². The molecule has 0 unspecified atom stereocenters. The summed E-state index contributed by atoms with van der Waals surface area (Å²) in [5.74, 6) is 0.960. The average molecular weight is 410 g/mol. The summed E-state index contributed by atoms with van der Waals surface area (Å²) in [4.78, 5) is 30.9. The molecule has 4 rings (SSSR count). The summed E-state index contributed by atoms with van der Waals surface area (Å²) < 4.78 is 0. The van der Waals surface area contributed by atoms with Crippen molar-refractivity contribution in [2.75, 3.05) is 11.4 Å². The third-order valence-electron chi connectivity index (χ3n) is 5.03. The summed E-state index contributed by atoms with van der Waals surface area (Å²) >= 11 is 6.10. The zero-order valence-corrected chi connectivity index (χ0v) is 16.6. The highest BCUT2D eigenvalue weighted by Gasteiger charge is 2.38. The Kier molecular flexibility index (Phi) is 5.32. The van der Waals surface area contributed by atoms with E-state index >= 15 is 0 Å². The van der Waals surface area contributed by atoms with Crippen molar-refractivity contribution < 1.29 is 4.79 Å². The van der Waals surface area contributed by atoms with E-state index in [1.807, 2.05) is 6.92 Å². The minimum absolute atomic E-state index is 0.0761. The minimum atomic E-state index is -0.423. The maximum Gasteiger partial charge on any atom is 0.242 e. The molecule has 2 atom stereocenters. The van der Waals surface area contributed by atoms with Crippen LogP contribution in [0.3, 0.4) is 0 Å². The van der Waals surface area contributed by atoms with Crippen LogP contribution in [0.4, 0.5) is 5.82 Å². The van der Waals surface area contributed by atoms with Crippen LogP contribution in [0.1, 0.15) is 26.2 Å². The van der Waals surface area contributed by atoms with Gasteiger partial charge in [0.05, 0.1) is 11.1 Å². The maximum atomic E-state index is 12.6. The second kappa shape index (κ2) is 8.05. The summed E-state index contributed by atoms with van der Waals surface area (Å²) in [5, 5.41) is 13.9. The molecule has 29 heavy (non-hydrogen) atoms. The van der Waals surface area contributed by atoms with E-state index in [1.165, 1.54) is 0 Å². The van der Waals surface area contributed by atoms with Crippen molar-refractivity contribution in [3.8, 4) is 17.5 Å². The zero-order valence-electron chi connectivity index (χ0n) is 15.9. The Bertz CT molecular complexity index is 1090. The first-order valence-electron chi connectivity index (χ1n) is 9.54. The first kappa shape index (κ1) is 19.2. The highest BCUT2D eigenvalue weighted by atomic mass is 35.5. The fourth-order valence-corrected chi connectivity index (χ4v) is 3.82. The van der Waals surface area contributed by atoms with Gasteiger partial charge in [0.2, 0.25) is 5.91 Å². The first-order valence-corrected chi connectivity index (χ1v) is 9.92. The topological polar surface area (TPSA) is 111 Å². The summed E-state index contributed by atoms with van der Waals surface area (Å²) in [6.07, 6.45) is 7.08. The predicted octanol–water partition coefficient (Wildman–Crippen LogP) is 3.06. The normalized spacial score (nSPS) is 18.7. The Morgan fingerprint density at radius 2 is 2.31 bits per heavy atom. The number of hydrogen-bond acceptors (Lipinski definition) is 6. The molecule has 3 aromatic rings. The third kappa shape index (κ3) is 3.61. The van der Waals surface area contributed by atoms with Crippen LogP contribution in [-0.2, 0) is 4.79 Å². The van der Waals surface area contributed by atoms with Gasteiger partial charge in [-0.2, -0.15) is 5.26 Å². The molecule has 0 aliphatic carbocycles. The summed E-state index contributed by atoms with van der Waals surface area (Å²) in [6.45, 7) is 2.61. The lowest BCUT2D eigenvalue weighted by Gasteiger charge is -2.27. The third-order valence-corrected chi connectivity index (χ3v) is 5.24. The maximum absolute atomic E-state index is 12.6. The molecular weight excluding hydrogens is 390 g/mol. The number of H-pyrrole nitrogens is 1. The lowest BCUT2D eigenvalue weighted by molar-refractivity contribution is -0.122. The highest BCUT2D eigenvalue weighted by Crippen LogP contribution is 2.32. The van der Waals surface area contributed by atoms with Gasteiger partial charge in [-0.25, -0.2) is 15.0 Å². The van der Waals surface area contributed by atoms with Gasteiger partial charge in [-0.3, -0.25) is 4.79 Å². The van der Waals surface area contributed by atoms with Gasteiger partial charge in [-0.05, 0) is 31.4 Å². The smallest absolute Gasteiger partial charge is 0.242 e. The van der Waals surface area contributed by atoms with Gasteiger partial charge in [0, 0.05) is 36.1 Å². The van der Waals surface area contributed by atoms with Crippen molar-refractivity contribution in [3.05, 3.63) is 35.7 Å². The molecular formula is C20H20ClN7O. The van der Waals surface area contributed by atoms with Crippen molar-refractivity contribution in [1.82, 2.24) is 25.3 Å². The molecule has 0 bridgehead atoms. The Morgan fingerprint density at radius 3 is 3.10 bits per heavy atom. The Labute approximate surface area is 172 Å². The van der Waals surface area contributed by atoms with Gasteiger partial charge in [0.1, 0.15) is 23.5 Å². The van der Waals surface area contributed by atoms with E-state index in [2.05, 4.69) is 31.3 Å². The predicted molar refractivity (Wildman–Crippen MR) is 110 cm³/mol. The number of aromatic nitrogens is 4. The lowest BCUT2D eigenvalue weighted by Crippen LogP contribution is -2.46. The Morgan fingerprint density at radius 1 is 1.45 bits per heavy atom. The van der Waals surface area contributed by atoms with Gasteiger partial charge in [-0.1, -0.05) is 18.5 Å². The van der Waals surface area contributed by atoms with Crippen molar-refractivity contribution >= 4 is 34.4 Å². The molecule has 1 aliphatic heterocycles. The van der Waals surface area contributed by atoms with Crippen LogP contribution in [0.5, 0.6) is 0 Å². The van der Waals surface area contributed by atoms with Crippen LogP contribution < -0.4 is 10.2 Å². The van der Waals surface area contributed by atoms with Crippen LogP contribution in [0.15, 0.2) is 30.7 Å². The molecule has 1 saturated heterocycles. The molecule has 4 heterocycles. The van der Waals surface area contributed by atoms with Crippen molar-refractivity contribution in [2.24, 2.45) is 0 Å². The molecule has 9 heteroatoms. The number of nitrogens with one attached hydrogen (secondary N) is 2. The van der Waals surface area contributed by atoms with Gasteiger partial charge in [0.25, 0.3) is 0 Å². The molecule has 1 amide bonds. The number of hydrogen-bond donors (Lipinski definition) is 2. The van der Waals surface area contributed by atoms with Crippen molar-refractivity contribution in [1.29, 1.82) is 5.26 Å². The molecule has 0 saturated carbocycles. The first-order chi connectivity index (χ1) is 14.1. The minimum Gasteiger partial charge on any atom is -0.354 e. The molecule has 0 aromatic carbocycles. The van der Waals surface area contributed by atoms with Crippen molar-refractivity contribution in [3.63, 3.8) is 0 Å². The number of rotatable bonds is 5. The van der Waals surface area contributed by atoms with E-state index in [9.17, 15) is 10.1 Å². The largest absolute Gasteiger partial charge is 0.354 e. The molecule has 1 aliphatic rings. The second-order valence-corrected chi connectivity index (χ2v) is 7.36. The quantitative estimate of drug-likeness (QED) is 0.670. The number of halogens is 1. The van der Waals surface area contributed by atoms with Crippen LogP contribution in [-0.4, -0.2) is 44.5 Å². The monoisotopic (exact) mass is 409 g/mol. The Balaban J connectivity index is 1.72. The fourth-order valence-electron chi connectivity index (χ4n) is 3.67. The number of carbonyl (C=O) groups is 1. The number of nitrogens with zero attached hydrogens (tertiary/aromatic N) is 5. The number of anilines is 1. The number of aromatic amines is 1. The number of nitriles is 1. The standard InChI is InChI=1S/C20H20ClN7O/c1-2-6-24-20(29)16-4-3-13(9-22)28(16)17-5-7-23-19(27-17)15-11-26-18-14(15)8-12(21)10-25-18/h5,7-8,10-11,13,16H,2-4,6H2,1H3,(H,24,29)(H,25,26)/t13-,16-/m1/s1. The van der Waals surface area contributed by atoms with E-state index in [0.717, 1.165) is 17.4 Å². The highest BCUT2D eigenvalue weighted by molar-refractivity contribution is 6.31. The van der Waals surface area contributed by atoms with Gasteiger partial charge < -0.3 is 15.2 Å². The molecule has 0 spiro atoms. The van der Waals surface area contributed by atoms with E-state index in [1.54, 1.807) is 35.6 Å². The molecule has 1 fully saturated rings. The van der Waals surface area contributed by atoms with E-state index in [-0.39, 0.29) is 5.91 Å². The lowest BCUT2D eigenvalue weighted by atomic mass is 10.2. The summed E-state index contributed by atoms with van der Waals surface area (Å²) in [7, 11) is 0. The number of carbonyl (C=O) groups excluding carboxylic acids is 1. The molecule has 8 nitrogen and oxygen atoms in total. The molecule has 148 valence electrons. The van der Waals surface area contributed by atoms with Gasteiger partial charge in [-0.15, -0.1) is 0 Å². The molecule has 3 aromatic heterocycles. The second-order valence-electron chi connectivity index (χ2n) is 6.93. The van der Waals surface area contributed by atoms with E-state index in [0.29, 0.717) is 41.7 Å². The van der Waals surface area contributed by atoms with Crippen LogP contribution in [0, 0.1) is 11.3 Å².